The van der Waals surface area contributed by atoms with E-state index in [4.69, 9.17) is 9.84 Å². The molecule has 1 aromatic rings. The van der Waals surface area contributed by atoms with Crippen LogP contribution in [0.25, 0.3) is 0 Å². The van der Waals surface area contributed by atoms with E-state index in [-0.39, 0.29) is 18.9 Å². The molecule has 1 aromatic heterocycles. The number of hydrogen-bond donors (Lipinski definition) is 2. The summed E-state index contributed by atoms with van der Waals surface area (Å²) < 4.78 is 5.66. The number of nitrogens with one attached hydrogen (secondary N) is 1. The van der Waals surface area contributed by atoms with Crippen LogP contribution in [0.5, 0.6) is 0 Å². The fourth-order valence-electron chi connectivity index (χ4n) is 1.19. The molecule has 1 amide bonds. The van der Waals surface area contributed by atoms with Gasteiger partial charge in [0.1, 0.15) is 0 Å². The highest BCUT2D eigenvalue weighted by atomic mass is 79.9. The van der Waals surface area contributed by atoms with Crippen LogP contribution in [0.2, 0.25) is 0 Å². The first-order chi connectivity index (χ1) is 8.02. The number of ether oxygens (including phenoxy) is 1. The van der Waals surface area contributed by atoms with Gasteiger partial charge in [-0.2, -0.15) is 0 Å². The van der Waals surface area contributed by atoms with Crippen LogP contribution < -0.4 is 5.32 Å². The summed E-state index contributed by atoms with van der Waals surface area (Å²) in [4.78, 5) is 23.2. The van der Waals surface area contributed by atoms with Crippen molar-refractivity contribution in [2.24, 2.45) is 0 Å². The Hall–Kier alpha value is -0.920. The van der Waals surface area contributed by atoms with Gasteiger partial charge in [0.2, 0.25) is 5.91 Å². The quantitative estimate of drug-likeness (QED) is 0.827. The molecule has 0 saturated carbocycles. The molecule has 0 aliphatic rings. The molecule has 7 heteroatoms. The average Bonchev–Trinajstić information content (AvgIpc) is 2.63. The Labute approximate surface area is 111 Å². The van der Waals surface area contributed by atoms with Crippen LogP contribution in [0.15, 0.2) is 15.9 Å². The standard InChI is InChI=1S/C10H12BrNO4S/c1-16-5-7(10(14)15)12-9(13)4-6-2-3-8(11)17-6/h2-3,7H,4-5H2,1H3,(H,12,13)(H,14,15). The summed E-state index contributed by atoms with van der Waals surface area (Å²) in [6.45, 7) is -0.0464. The van der Waals surface area contributed by atoms with Crippen LogP contribution in [-0.4, -0.2) is 36.7 Å². The van der Waals surface area contributed by atoms with Crippen molar-refractivity contribution < 1.29 is 19.4 Å². The van der Waals surface area contributed by atoms with E-state index in [9.17, 15) is 9.59 Å². The molecule has 2 N–H and O–H groups in total. The zero-order chi connectivity index (χ0) is 12.8. The third-order valence-electron chi connectivity index (χ3n) is 1.93. The largest absolute Gasteiger partial charge is 0.480 e. The van der Waals surface area contributed by atoms with Crippen LogP contribution in [0.1, 0.15) is 4.88 Å². The molecule has 0 aromatic carbocycles. The Bertz CT molecular complexity index is 407. The van der Waals surface area contributed by atoms with Gasteiger partial charge in [0.05, 0.1) is 16.8 Å². The molecule has 0 aliphatic heterocycles. The first-order valence-electron chi connectivity index (χ1n) is 4.78. The molecular weight excluding hydrogens is 310 g/mol. The van der Waals surface area contributed by atoms with Gasteiger partial charge < -0.3 is 15.2 Å². The van der Waals surface area contributed by atoms with E-state index < -0.39 is 12.0 Å². The molecule has 1 atom stereocenters. The number of thiophene rings is 1. The Kier molecular flexibility index (Phi) is 5.60. The maximum absolute atomic E-state index is 11.6. The number of carbonyl (C=O) groups is 2. The number of carboxylic acids is 1. The molecule has 0 fully saturated rings. The van der Waals surface area contributed by atoms with Gasteiger partial charge in [0, 0.05) is 12.0 Å². The third-order valence-corrected chi connectivity index (χ3v) is 3.55. The molecule has 1 heterocycles. The van der Waals surface area contributed by atoms with Gasteiger partial charge >= 0.3 is 5.97 Å². The minimum absolute atomic E-state index is 0.0464. The van der Waals surface area contributed by atoms with Crippen LogP contribution in [0.3, 0.4) is 0 Å². The van der Waals surface area contributed by atoms with Crippen molar-refractivity contribution in [3.63, 3.8) is 0 Å². The maximum Gasteiger partial charge on any atom is 0.328 e. The van der Waals surface area contributed by atoms with E-state index in [1.165, 1.54) is 18.4 Å². The third kappa shape index (κ3) is 4.84. The SMILES string of the molecule is COCC(NC(=O)Cc1ccc(Br)s1)C(=O)O. The normalized spacial score (nSPS) is 12.1. The topological polar surface area (TPSA) is 75.6 Å². The van der Waals surface area contributed by atoms with Crippen molar-refractivity contribution in [3.05, 3.63) is 20.8 Å². The number of aliphatic carboxylic acids is 1. The van der Waals surface area contributed by atoms with Crippen molar-refractivity contribution in [3.8, 4) is 0 Å². The Balaban J connectivity index is 2.50. The minimum Gasteiger partial charge on any atom is -0.480 e. The predicted octanol–water partition coefficient (Wildman–Crippen LogP) is 1.27. The Morgan fingerprint density at radius 2 is 2.29 bits per heavy atom. The number of halogens is 1. The van der Waals surface area contributed by atoms with Gasteiger partial charge in [-0.3, -0.25) is 4.79 Å². The molecule has 0 aliphatic carbocycles. The van der Waals surface area contributed by atoms with Gasteiger partial charge in [-0.1, -0.05) is 0 Å². The molecule has 1 rings (SSSR count). The van der Waals surface area contributed by atoms with Crippen LogP contribution in [-0.2, 0) is 20.7 Å². The molecule has 0 spiro atoms. The summed E-state index contributed by atoms with van der Waals surface area (Å²) in [6.07, 6.45) is 0.170. The molecule has 1 unspecified atom stereocenters. The molecule has 0 saturated heterocycles. The van der Waals surface area contributed by atoms with Crippen molar-refractivity contribution in [2.75, 3.05) is 13.7 Å². The van der Waals surface area contributed by atoms with Crippen molar-refractivity contribution in [2.45, 2.75) is 12.5 Å². The van der Waals surface area contributed by atoms with E-state index in [0.29, 0.717) is 0 Å². The number of hydrogen-bond acceptors (Lipinski definition) is 4. The molecule has 94 valence electrons. The molecule has 17 heavy (non-hydrogen) atoms. The Morgan fingerprint density at radius 3 is 2.76 bits per heavy atom. The van der Waals surface area contributed by atoms with Crippen molar-refractivity contribution in [1.29, 1.82) is 0 Å². The van der Waals surface area contributed by atoms with Crippen LogP contribution >= 0.6 is 27.3 Å². The fourth-order valence-corrected chi connectivity index (χ4v) is 2.67. The van der Waals surface area contributed by atoms with Crippen LogP contribution in [0.4, 0.5) is 0 Å². The highest BCUT2D eigenvalue weighted by molar-refractivity contribution is 9.11. The van der Waals surface area contributed by atoms with E-state index in [1.54, 1.807) is 0 Å². The van der Waals surface area contributed by atoms with Gasteiger partial charge in [0.15, 0.2) is 6.04 Å². The second-order valence-electron chi connectivity index (χ2n) is 3.30. The van der Waals surface area contributed by atoms with E-state index in [0.717, 1.165) is 8.66 Å². The van der Waals surface area contributed by atoms with Gasteiger partial charge in [-0.05, 0) is 28.1 Å². The smallest absolute Gasteiger partial charge is 0.328 e. The maximum atomic E-state index is 11.6. The lowest BCUT2D eigenvalue weighted by Gasteiger charge is -2.12. The number of carbonyl (C=O) groups excluding carboxylic acids is 1. The molecular formula is C10H12BrNO4S. The number of amides is 1. The summed E-state index contributed by atoms with van der Waals surface area (Å²) >= 11 is 4.74. The Morgan fingerprint density at radius 1 is 1.59 bits per heavy atom. The van der Waals surface area contributed by atoms with Crippen molar-refractivity contribution in [1.82, 2.24) is 5.32 Å². The molecule has 5 nitrogen and oxygen atoms in total. The van der Waals surface area contributed by atoms with E-state index >= 15 is 0 Å². The summed E-state index contributed by atoms with van der Waals surface area (Å²) in [5.74, 6) is -1.43. The fraction of sp³-hybridized carbons (Fsp3) is 0.400. The summed E-state index contributed by atoms with van der Waals surface area (Å²) in [6, 6.07) is 2.66. The van der Waals surface area contributed by atoms with Crippen molar-refractivity contribution >= 4 is 39.1 Å². The average molecular weight is 322 g/mol. The number of carboxylic acid groups (broad SMARTS) is 1. The lowest BCUT2D eigenvalue weighted by molar-refractivity contribution is -0.143. The first-order valence-corrected chi connectivity index (χ1v) is 6.39. The zero-order valence-electron chi connectivity index (χ0n) is 9.10. The monoisotopic (exact) mass is 321 g/mol. The van der Waals surface area contributed by atoms with Gasteiger partial charge in [0.25, 0.3) is 0 Å². The lowest BCUT2D eigenvalue weighted by Crippen LogP contribution is -2.44. The predicted molar refractivity (Wildman–Crippen MR) is 67.2 cm³/mol. The van der Waals surface area contributed by atoms with Crippen LogP contribution in [0, 0.1) is 0 Å². The van der Waals surface area contributed by atoms with E-state index in [2.05, 4.69) is 21.2 Å². The highest BCUT2D eigenvalue weighted by Crippen LogP contribution is 2.22. The van der Waals surface area contributed by atoms with Gasteiger partial charge in [-0.25, -0.2) is 4.79 Å². The molecule has 0 bridgehead atoms. The van der Waals surface area contributed by atoms with E-state index in [1.807, 2.05) is 12.1 Å². The number of methoxy groups -OCH3 is 1. The minimum atomic E-state index is -1.10. The second kappa shape index (κ2) is 6.73. The number of rotatable bonds is 6. The lowest BCUT2D eigenvalue weighted by atomic mass is 10.2. The summed E-state index contributed by atoms with van der Waals surface area (Å²) in [5, 5.41) is 11.2. The zero-order valence-corrected chi connectivity index (χ0v) is 11.5. The summed E-state index contributed by atoms with van der Waals surface area (Å²) in [7, 11) is 1.39. The molecule has 0 radical (unpaired) electrons. The second-order valence-corrected chi connectivity index (χ2v) is 5.84. The van der Waals surface area contributed by atoms with Gasteiger partial charge in [-0.15, -0.1) is 11.3 Å². The summed E-state index contributed by atoms with van der Waals surface area (Å²) in [5.41, 5.74) is 0. The highest BCUT2D eigenvalue weighted by Gasteiger charge is 2.19. The first kappa shape index (κ1) is 14.1.